The van der Waals surface area contributed by atoms with Crippen molar-refractivity contribution < 1.29 is 19.1 Å². The molecule has 0 fully saturated rings. The number of Topliss-reactive ketones (excluding diaryl/α,β-unsaturated/α-hetero) is 1. The Kier molecular flexibility index (Phi) is 5.98. The highest BCUT2D eigenvalue weighted by atomic mass is 35.5. The number of esters is 1. The van der Waals surface area contributed by atoms with E-state index >= 15 is 0 Å². The quantitative estimate of drug-likeness (QED) is 0.632. The minimum Gasteiger partial charge on any atom is -0.456 e. The minimum atomic E-state index is -0.680. The van der Waals surface area contributed by atoms with Crippen LogP contribution in [0, 0.1) is 13.8 Å². The van der Waals surface area contributed by atoms with Crippen LogP contribution < -0.4 is 5.32 Å². The second kappa shape index (κ2) is 7.98. The number of hydrogen-bond acceptors (Lipinski definition) is 4. The van der Waals surface area contributed by atoms with Crippen molar-refractivity contribution in [2.24, 2.45) is 7.05 Å². The van der Waals surface area contributed by atoms with Gasteiger partial charge in [-0.2, -0.15) is 0 Å². The molecule has 1 aromatic carbocycles. The van der Waals surface area contributed by atoms with E-state index in [0.29, 0.717) is 16.1 Å². The molecule has 6 nitrogen and oxygen atoms in total. The molecule has 0 spiro atoms. The number of carbonyl (C=O) groups is 3. The van der Waals surface area contributed by atoms with E-state index in [1.807, 2.05) is 25.5 Å². The topological polar surface area (TPSA) is 77.4 Å². The summed E-state index contributed by atoms with van der Waals surface area (Å²) < 4.78 is 6.82. The van der Waals surface area contributed by atoms with E-state index < -0.39 is 11.9 Å². The molecular formula is C18H19ClN2O4. The number of ketones is 1. The summed E-state index contributed by atoms with van der Waals surface area (Å²) in [5.74, 6) is -1.38. The number of amides is 1. The van der Waals surface area contributed by atoms with E-state index in [9.17, 15) is 14.4 Å². The molecule has 2 aromatic rings. The molecule has 1 heterocycles. The average Bonchev–Trinajstić information content (AvgIpc) is 2.85. The molecule has 132 valence electrons. The average molecular weight is 363 g/mol. The van der Waals surface area contributed by atoms with Crippen molar-refractivity contribution in [3.63, 3.8) is 0 Å². The van der Waals surface area contributed by atoms with E-state index in [-0.39, 0.29) is 18.9 Å². The zero-order chi connectivity index (χ0) is 18.6. The molecule has 0 aliphatic rings. The third-order valence-electron chi connectivity index (χ3n) is 3.94. The van der Waals surface area contributed by atoms with Crippen molar-refractivity contribution in [2.75, 3.05) is 13.2 Å². The lowest BCUT2D eigenvalue weighted by Crippen LogP contribution is -2.31. The van der Waals surface area contributed by atoms with Crippen molar-refractivity contribution in [1.29, 1.82) is 0 Å². The first-order valence-corrected chi connectivity index (χ1v) is 8.03. The largest absolute Gasteiger partial charge is 0.456 e. The van der Waals surface area contributed by atoms with Gasteiger partial charge in [0, 0.05) is 34.6 Å². The van der Waals surface area contributed by atoms with Gasteiger partial charge < -0.3 is 14.6 Å². The minimum absolute atomic E-state index is 0.279. The Morgan fingerprint density at radius 2 is 1.80 bits per heavy atom. The molecule has 1 aromatic heterocycles. The molecule has 2 rings (SSSR count). The van der Waals surface area contributed by atoms with Crippen LogP contribution in [0.25, 0.3) is 0 Å². The Balaban J connectivity index is 1.82. The van der Waals surface area contributed by atoms with Crippen LogP contribution >= 0.6 is 11.6 Å². The predicted octanol–water partition coefficient (Wildman–Crippen LogP) is 2.45. The predicted molar refractivity (Wildman–Crippen MR) is 94.0 cm³/mol. The highest BCUT2D eigenvalue weighted by Gasteiger charge is 2.16. The van der Waals surface area contributed by atoms with Gasteiger partial charge in [0.25, 0.3) is 5.91 Å². The van der Waals surface area contributed by atoms with E-state index in [2.05, 4.69) is 5.32 Å². The maximum absolute atomic E-state index is 12.1. The molecule has 0 radical (unpaired) electrons. The normalized spacial score (nSPS) is 10.4. The fourth-order valence-corrected chi connectivity index (χ4v) is 2.39. The summed E-state index contributed by atoms with van der Waals surface area (Å²) in [5.41, 5.74) is 2.67. The summed E-state index contributed by atoms with van der Waals surface area (Å²) in [6, 6.07) is 8.02. The van der Waals surface area contributed by atoms with Gasteiger partial charge in [0.05, 0.1) is 0 Å². The third-order valence-corrected chi connectivity index (χ3v) is 4.19. The standard InChI is InChI=1S/C18H19ClN2O4/c1-11-8-15(12(2)21(11)3)16(22)10-25-17(23)9-20-18(24)13-4-6-14(19)7-5-13/h4-8H,9-10H2,1-3H3,(H,20,24). The first-order valence-electron chi connectivity index (χ1n) is 7.65. The Morgan fingerprint density at radius 3 is 2.36 bits per heavy atom. The zero-order valence-electron chi connectivity index (χ0n) is 14.3. The maximum Gasteiger partial charge on any atom is 0.325 e. The summed E-state index contributed by atoms with van der Waals surface area (Å²) in [5, 5.41) is 2.95. The second-order valence-electron chi connectivity index (χ2n) is 5.62. The lowest BCUT2D eigenvalue weighted by Gasteiger charge is -2.07. The van der Waals surface area contributed by atoms with Crippen molar-refractivity contribution in [3.8, 4) is 0 Å². The number of nitrogens with zero attached hydrogens (tertiary/aromatic N) is 1. The third kappa shape index (κ3) is 4.70. The van der Waals surface area contributed by atoms with Crippen LogP contribution in [0.1, 0.15) is 32.1 Å². The van der Waals surface area contributed by atoms with Crippen LogP contribution in [0.15, 0.2) is 30.3 Å². The summed E-state index contributed by atoms with van der Waals surface area (Å²) in [4.78, 5) is 35.7. The molecule has 0 saturated carbocycles. The molecule has 0 aliphatic carbocycles. The van der Waals surface area contributed by atoms with Gasteiger partial charge in [-0.15, -0.1) is 0 Å². The van der Waals surface area contributed by atoms with Gasteiger partial charge in [0.1, 0.15) is 6.54 Å². The number of hydrogen-bond donors (Lipinski definition) is 1. The molecule has 1 N–H and O–H groups in total. The molecule has 0 saturated heterocycles. The Hall–Kier alpha value is -2.60. The Bertz CT molecular complexity index is 809. The van der Waals surface area contributed by atoms with Gasteiger partial charge in [0.2, 0.25) is 5.78 Å². The lowest BCUT2D eigenvalue weighted by atomic mass is 10.1. The smallest absolute Gasteiger partial charge is 0.325 e. The Labute approximate surface area is 150 Å². The summed E-state index contributed by atoms with van der Waals surface area (Å²) >= 11 is 5.75. The van der Waals surface area contributed by atoms with Gasteiger partial charge in [-0.25, -0.2) is 0 Å². The lowest BCUT2D eigenvalue weighted by molar-refractivity contribution is -0.141. The number of benzene rings is 1. The number of rotatable bonds is 6. The fourth-order valence-electron chi connectivity index (χ4n) is 2.27. The van der Waals surface area contributed by atoms with Gasteiger partial charge in [-0.05, 0) is 44.2 Å². The first-order chi connectivity index (χ1) is 11.8. The van der Waals surface area contributed by atoms with Gasteiger partial charge in [-0.3, -0.25) is 14.4 Å². The van der Waals surface area contributed by atoms with Crippen LogP contribution in [-0.4, -0.2) is 35.4 Å². The van der Waals surface area contributed by atoms with Crippen LogP contribution in [-0.2, 0) is 16.6 Å². The van der Waals surface area contributed by atoms with Crippen LogP contribution in [0.2, 0.25) is 5.02 Å². The molecule has 0 atom stereocenters. The van der Waals surface area contributed by atoms with E-state index in [1.165, 1.54) is 0 Å². The fraction of sp³-hybridized carbons (Fsp3) is 0.278. The van der Waals surface area contributed by atoms with E-state index in [0.717, 1.165) is 11.4 Å². The van der Waals surface area contributed by atoms with Crippen molar-refractivity contribution in [3.05, 3.63) is 57.9 Å². The van der Waals surface area contributed by atoms with Crippen LogP contribution in [0.3, 0.4) is 0 Å². The van der Waals surface area contributed by atoms with Crippen LogP contribution in [0.5, 0.6) is 0 Å². The summed E-state index contributed by atoms with van der Waals surface area (Å²) in [6.07, 6.45) is 0. The number of halogens is 1. The molecule has 0 aliphatic heterocycles. The molecule has 7 heteroatoms. The highest BCUT2D eigenvalue weighted by molar-refractivity contribution is 6.30. The Morgan fingerprint density at radius 1 is 1.16 bits per heavy atom. The molecule has 25 heavy (non-hydrogen) atoms. The van der Waals surface area contributed by atoms with Gasteiger partial charge in [-0.1, -0.05) is 11.6 Å². The second-order valence-corrected chi connectivity index (χ2v) is 6.05. The van der Waals surface area contributed by atoms with Crippen molar-refractivity contribution in [1.82, 2.24) is 9.88 Å². The highest BCUT2D eigenvalue weighted by Crippen LogP contribution is 2.14. The number of carbonyl (C=O) groups excluding carboxylic acids is 3. The van der Waals surface area contributed by atoms with Crippen molar-refractivity contribution in [2.45, 2.75) is 13.8 Å². The van der Waals surface area contributed by atoms with Gasteiger partial charge in [0.15, 0.2) is 6.61 Å². The van der Waals surface area contributed by atoms with Gasteiger partial charge >= 0.3 is 5.97 Å². The SMILES string of the molecule is Cc1cc(C(=O)COC(=O)CNC(=O)c2ccc(Cl)cc2)c(C)n1C. The maximum atomic E-state index is 12.1. The first kappa shape index (κ1) is 18.7. The van der Waals surface area contributed by atoms with Crippen LogP contribution in [0.4, 0.5) is 0 Å². The number of nitrogens with one attached hydrogen (secondary N) is 1. The van der Waals surface area contributed by atoms with Crippen molar-refractivity contribution >= 4 is 29.3 Å². The summed E-state index contributed by atoms with van der Waals surface area (Å²) in [6.45, 7) is 3.04. The molecule has 0 bridgehead atoms. The molecular weight excluding hydrogens is 344 g/mol. The van der Waals surface area contributed by atoms with E-state index in [4.69, 9.17) is 16.3 Å². The number of ether oxygens (including phenoxy) is 1. The summed E-state index contributed by atoms with van der Waals surface area (Å²) in [7, 11) is 1.86. The monoisotopic (exact) mass is 362 g/mol. The molecule has 0 unspecified atom stereocenters. The number of aryl methyl sites for hydroxylation is 1. The molecule has 1 amide bonds. The number of aromatic nitrogens is 1. The van der Waals surface area contributed by atoms with E-state index in [1.54, 1.807) is 30.3 Å². The zero-order valence-corrected chi connectivity index (χ0v) is 15.0.